The van der Waals surface area contributed by atoms with Crippen molar-refractivity contribution in [3.05, 3.63) is 56.8 Å². The number of ether oxygens (including phenoxy) is 5. The zero-order chi connectivity index (χ0) is 48.6. The van der Waals surface area contributed by atoms with E-state index in [2.05, 4.69) is 36.2 Å². The molecule has 1 aromatic carbocycles. The van der Waals surface area contributed by atoms with Gasteiger partial charge in [0, 0.05) is 47.0 Å². The molecule has 0 radical (unpaired) electrons. The van der Waals surface area contributed by atoms with Crippen LogP contribution in [-0.2, 0) is 49.6 Å². The topological polar surface area (TPSA) is 193 Å². The number of cyclic esters (lactones) is 1. The van der Waals surface area contributed by atoms with Crippen molar-refractivity contribution in [2.24, 2.45) is 28.3 Å². The Morgan fingerprint density at radius 1 is 0.970 bits per heavy atom. The van der Waals surface area contributed by atoms with E-state index in [0.29, 0.717) is 74.6 Å². The second-order valence-electron chi connectivity index (χ2n) is 18.3. The minimum Gasteiger partial charge on any atom is -0.458 e. The standard InChI is InChI=1S/C49H71N5O10S3/c1-31-11-10-14-49(7)43(64-49)25-41(63-45(56)26-42(55)48(5,6)46(57)34(4)33(31)3)32(2)23-36-27-51-44(67-36)28-52-62-22-21-61-20-19-60-18-17-59-16-15-50-47(58)35-12-13-37-38(24-35)54-40(30-66-9)39(53-37)29-65-8/h12-13,23-24,27-28,31,33-34,41-43,55H,10-11,14-22,25-26,29-30H2,1-9H3,(H,50,58)/b32-23+,52-28+/t31-,33-,34+,41?,42-,43?,49+/m0/s1. The summed E-state index contributed by atoms with van der Waals surface area (Å²) in [6, 6.07) is 5.40. The van der Waals surface area contributed by atoms with E-state index in [0.717, 1.165) is 58.1 Å². The molecule has 15 nitrogen and oxygen atoms in total. The first kappa shape index (κ1) is 54.5. The van der Waals surface area contributed by atoms with E-state index in [-0.39, 0.29) is 48.3 Å². The lowest BCUT2D eigenvalue weighted by Gasteiger charge is -2.35. The smallest absolute Gasteiger partial charge is 0.309 e. The molecular weight excluding hydrogens is 915 g/mol. The maximum atomic E-state index is 13.6. The van der Waals surface area contributed by atoms with Crippen molar-refractivity contribution in [3.8, 4) is 0 Å². The van der Waals surface area contributed by atoms with E-state index in [1.807, 2.05) is 38.5 Å². The first-order valence-electron chi connectivity index (χ1n) is 23.2. The molecule has 2 N–H and O–H groups in total. The third kappa shape index (κ3) is 16.3. The zero-order valence-corrected chi connectivity index (χ0v) is 43.1. The SMILES string of the molecule is CSCc1nc2ccc(C(=O)NCCOCCOCCOCCO/N=C/c3ncc(/C=C(\C)C4CC5O[C@]5(C)CCC[C@H](C)[C@H](C)[C@@H](C)C(=O)C(C)(C)[C@@H](O)CC(=O)O4)s3)cc2nc1CSC. The molecule has 67 heavy (non-hydrogen) atoms. The van der Waals surface area contributed by atoms with E-state index < -0.39 is 23.6 Å². The van der Waals surface area contributed by atoms with Crippen LogP contribution in [0.2, 0.25) is 0 Å². The number of nitrogens with one attached hydrogen (secondary N) is 1. The van der Waals surface area contributed by atoms with E-state index in [1.165, 1.54) is 17.6 Å². The number of aliphatic hydroxyl groups is 1. The Balaban J connectivity index is 0.963. The Hall–Kier alpha value is -3.49. The van der Waals surface area contributed by atoms with Gasteiger partial charge in [0.2, 0.25) is 0 Å². The minimum atomic E-state index is -1.18. The van der Waals surface area contributed by atoms with Gasteiger partial charge in [-0.3, -0.25) is 14.4 Å². The monoisotopic (exact) mass is 985 g/mol. The van der Waals surface area contributed by atoms with Crippen molar-refractivity contribution < 1.29 is 48.0 Å². The fraction of sp³-hybridized carbons (Fsp3) is 0.653. The van der Waals surface area contributed by atoms with Gasteiger partial charge in [-0.1, -0.05) is 52.6 Å². The molecule has 7 atom stereocenters. The van der Waals surface area contributed by atoms with Crippen LogP contribution in [0.4, 0.5) is 0 Å². The number of fused-ring (bicyclic) bond motifs is 2. The molecule has 5 rings (SSSR count). The fourth-order valence-corrected chi connectivity index (χ4v) is 9.90. The van der Waals surface area contributed by atoms with Crippen molar-refractivity contribution in [1.29, 1.82) is 0 Å². The number of rotatable bonds is 21. The van der Waals surface area contributed by atoms with Crippen molar-refractivity contribution in [1.82, 2.24) is 20.3 Å². The number of amides is 1. The van der Waals surface area contributed by atoms with Crippen LogP contribution in [0.5, 0.6) is 0 Å². The molecule has 2 fully saturated rings. The molecule has 2 aliphatic heterocycles. The number of aromatic nitrogens is 3. The molecule has 0 bridgehead atoms. The quantitative estimate of drug-likeness (QED) is 0.0343. The summed E-state index contributed by atoms with van der Waals surface area (Å²) >= 11 is 4.82. The number of oxime groups is 1. The number of thioether (sulfide) groups is 2. The first-order valence-corrected chi connectivity index (χ1v) is 26.8. The lowest BCUT2D eigenvalue weighted by Crippen LogP contribution is -2.44. The molecule has 2 aromatic heterocycles. The van der Waals surface area contributed by atoms with Gasteiger partial charge < -0.3 is 38.9 Å². The number of thiazole rings is 1. The highest BCUT2D eigenvalue weighted by molar-refractivity contribution is 7.98. The van der Waals surface area contributed by atoms with Gasteiger partial charge in [0.05, 0.1) is 91.7 Å². The van der Waals surface area contributed by atoms with Crippen molar-refractivity contribution in [2.75, 3.05) is 65.3 Å². The van der Waals surface area contributed by atoms with E-state index in [1.54, 1.807) is 55.7 Å². The van der Waals surface area contributed by atoms with Crippen LogP contribution in [0.15, 0.2) is 35.1 Å². The molecule has 0 spiro atoms. The molecule has 2 aliphatic rings. The zero-order valence-electron chi connectivity index (χ0n) is 40.7. The summed E-state index contributed by atoms with van der Waals surface area (Å²) in [5.74, 6) is 0.994. The Kier molecular flexibility index (Phi) is 21.5. The van der Waals surface area contributed by atoms with Gasteiger partial charge in [-0.15, -0.1) is 11.3 Å². The van der Waals surface area contributed by atoms with Gasteiger partial charge in [0.15, 0.2) is 0 Å². The Morgan fingerprint density at radius 3 is 2.31 bits per heavy atom. The molecule has 370 valence electrons. The summed E-state index contributed by atoms with van der Waals surface area (Å²) in [6.07, 6.45) is 10.5. The maximum Gasteiger partial charge on any atom is 0.309 e. The highest BCUT2D eigenvalue weighted by Gasteiger charge is 2.53. The van der Waals surface area contributed by atoms with Crippen LogP contribution in [0.25, 0.3) is 17.1 Å². The fourth-order valence-electron chi connectivity index (χ4n) is 8.10. The number of hydrogen-bond donors (Lipinski definition) is 2. The van der Waals surface area contributed by atoms with Gasteiger partial charge in [0.1, 0.15) is 29.7 Å². The summed E-state index contributed by atoms with van der Waals surface area (Å²) in [7, 11) is 0. The van der Waals surface area contributed by atoms with Crippen molar-refractivity contribution >= 4 is 75.8 Å². The van der Waals surface area contributed by atoms with Gasteiger partial charge in [-0.05, 0) is 74.5 Å². The summed E-state index contributed by atoms with van der Waals surface area (Å²) in [5.41, 5.74) is 3.39. The number of carbonyl (C=O) groups excluding carboxylic acids is 3. The Morgan fingerprint density at radius 2 is 1.63 bits per heavy atom. The van der Waals surface area contributed by atoms with Crippen LogP contribution in [0.1, 0.15) is 112 Å². The molecular formula is C49H71N5O10S3. The average molecular weight is 986 g/mol. The lowest BCUT2D eigenvalue weighted by atomic mass is 9.70. The van der Waals surface area contributed by atoms with Crippen LogP contribution >= 0.6 is 34.9 Å². The van der Waals surface area contributed by atoms with E-state index >= 15 is 0 Å². The predicted octanol–water partition coefficient (Wildman–Crippen LogP) is 7.94. The molecule has 2 unspecified atom stereocenters. The number of esters is 1. The third-order valence-corrected chi connectivity index (χ3v) is 14.9. The van der Waals surface area contributed by atoms with Crippen LogP contribution in [-0.4, -0.2) is 133 Å². The maximum absolute atomic E-state index is 13.6. The summed E-state index contributed by atoms with van der Waals surface area (Å²) in [5, 5.41) is 18.7. The molecule has 0 aliphatic carbocycles. The first-order chi connectivity index (χ1) is 32.1. The number of benzene rings is 1. The number of nitrogens with zero attached hydrogens (tertiary/aromatic N) is 4. The number of Topliss-reactive ketones (excluding diaryl/α,β-unsaturated/α-hetero) is 1. The summed E-state index contributed by atoms with van der Waals surface area (Å²) < 4.78 is 29.0. The number of hydrogen-bond acceptors (Lipinski definition) is 17. The van der Waals surface area contributed by atoms with Crippen LogP contribution < -0.4 is 5.32 Å². The molecule has 0 saturated carbocycles. The largest absolute Gasteiger partial charge is 0.458 e. The number of epoxide rings is 1. The Labute approximate surface area is 408 Å². The molecule has 2 saturated heterocycles. The molecule has 4 heterocycles. The second-order valence-corrected chi connectivity index (χ2v) is 21.1. The normalized spacial score (nSPS) is 25.3. The van der Waals surface area contributed by atoms with E-state index in [4.69, 9.17) is 38.5 Å². The van der Waals surface area contributed by atoms with Crippen LogP contribution in [0.3, 0.4) is 0 Å². The van der Waals surface area contributed by atoms with Crippen molar-refractivity contribution in [2.45, 2.75) is 116 Å². The predicted molar refractivity (Wildman–Crippen MR) is 267 cm³/mol. The lowest BCUT2D eigenvalue weighted by molar-refractivity contribution is -0.154. The summed E-state index contributed by atoms with van der Waals surface area (Å²) in [6.45, 7) is 16.6. The third-order valence-electron chi connectivity index (χ3n) is 12.9. The van der Waals surface area contributed by atoms with Crippen LogP contribution in [0, 0.1) is 23.2 Å². The minimum absolute atomic E-state index is 0.0409. The Bertz CT molecular complexity index is 2150. The van der Waals surface area contributed by atoms with E-state index in [9.17, 15) is 19.5 Å². The van der Waals surface area contributed by atoms with Gasteiger partial charge in [-0.25, -0.2) is 15.0 Å². The molecule has 18 heteroatoms. The average Bonchev–Trinajstić information content (AvgIpc) is 3.71. The molecule has 1 amide bonds. The molecule has 3 aromatic rings. The number of ketones is 1. The number of aliphatic hydroxyl groups excluding tert-OH is 1. The van der Waals surface area contributed by atoms with Gasteiger partial charge in [-0.2, -0.15) is 23.5 Å². The number of carbonyl (C=O) groups is 3. The highest BCUT2D eigenvalue weighted by Crippen LogP contribution is 2.45. The van der Waals surface area contributed by atoms with Crippen molar-refractivity contribution in [3.63, 3.8) is 0 Å². The summed E-state index contributed by atoms with van der Waals surface area (Å²) in [4.78, 5) is 59.9. The second kappa shape index (κ2) is 26.5. The highest BCUT2D eigenvalue weighted by atomic mass is 32.2. The van der Waals surface area contributed by atoms with Gasteiger partial charge in [0.25, 0.3) is 5.91 Å². The van der Waals surface area contributed by atoms with Gasteiger partial charge >= 0.3 is 5.97 Å².